The topological polar surface area (TPSA) is 71.1 Å². The Labute approximate surface area is 157 Å². The average molecular weight is 362 g/mol. The summed E-state index contributed by atoms with van der Waals surface area (Å²) in [5, 5.41) is 0. The summed E-state index contributed by atoms with van der Waals surface area (Å²) in [5.74, 6) is 1.50. The number of nitrogens with zero attached hydrogens (tertiary/aromatic N) is 3. The molecule has 4 rings (SSSR count). The molecule has 0 spiro atoms. The largest absolute Gasteiger partial charge is 0.497 e. The van der Waals surface area contributed by atoms with Gasteiger partial charge in [-0.05, 0) is 30.7 Å². The first kappa shape index (κ1) is 17.4. The molecule has 27 heavy (non-hydrogen) atoms. The lowest BCUT2D eigenvalue weighted by molar-refractivity contribution is 0.241. The number of rotatable bonds is 4. The summed E-state index contributed by atoms with van der Waals surface area (Å²) >= 11 is 0. The second-order valence-electron chi connectivity index (χ2n) is 6.82. The van der Waals surface area contributed by atoms with Crippen molar-refractivity contribution in [3.63, 3.8) is 0 Å². The first-order chi connectivity index (χ1) is 13.1. The van der Waals surface area contributed by atoms with Crippen LogP contribution in [0.1, 0.15) is 22.6 Å². The van der Waals surface area contributed by atoms with E-state index in [0.717, 1.165) is 53.3 Å². The highest BCUT2D eigenvalue weighted by molar-refractivity contribution is 5.61. The van der Waals surface area contributed by atoms with Gasteiger partial charge in [0.1, 0.15) is 11.6 Å². The van der Waals surface area contributed by atoms with Crippen LogP contribution in [-0.2, 0) is 19.5 Å². The van der Waals surface area contributed by atoms with Gasteiger partial charge in [0.25, 0.3) is 5.56 Å². The fourth-order valence-corrected chi connectivity index (χ4v) is 3.47. The molecule has 0 fully saturated rings. The van der Waals surface area contributed by atoms with Crippen molar-refractivity contribution in [3.05, 3.63) is 75.6 Å². The number of aromatic nitrogens is 3. The lowest BCUT2D eigenvalue weighted by atomic mass is 10.1. The van der Waals surface area contributed by atoms with Gasteiger partial charge in [0.2, 0.25) is 0 Å². The van der Waals surface area contributed by atoms with Crippen molar-refractivity contribution in [2.45, 2.75) is 26.4 Å². The van der Waals surface area contributed by atoms with Crippen molar-refractivity contribution in [3.8, 4) is 17.0 Å². The predicted molar refractivity (Wildman–Crippen MR) is 104 cm³/mol. The molecule has 3 heterocycles. The van der Waals surface area contributed by atoms with Crippen LogP contribution in [0.2, 0.25) is 0 Å². The van der Waals surface area contributed by atoms with E-state index < -0.39 is 0 Å². The molecule has 3 aromatic rings. The first-order valence-electron chi connectivity index (χ1n) is 9.03. The van der Waals surface area contributed by atoms with Crippen LogP contribution in [0, 0.1) is 6.92 Å². The van der Waals surface area contributed by atoms with Crippen LogP contribution in [-0.4, -0.2) is 33.5 Å². The molecule has 0 radical (unpaired) electrons. The summed E-state index contributed by atoms with van der Waals surface area (Å²) < 4.78 is 5.28. The number of ether oxygens (including phenoxy) is 1. The van der Waals surface area contributed by atoms with E-state index in [1.54, 1.807) is 7.11 Å². The molecule has 0 saturated heterocycles. The molecule has 1 N–H and O–H groups in total. The van der Waals surface area contributed by atoms with Gasteiger partial charge in [-0.25, -0.2) is 4.98 Å². The number of H-pyrrole nitrogens is 1. The number of nitrogens with one attached hydrogen (secondary N) is 1. The molecule has 1 aliphatic rings. The molecule has 0 unspecified atom stereocenters. The van der Waals surface area contributed by atoms with E-state index in [9.17, 15) is 4.79 Å². The van der Waals surface area contributed by atoms with E-state index in [1.807, 2.05) is 43.5 Å². The molecule has 2 aromatic heterocycles. The van der Waals surface area contributed by atoms with Crippen LogP contribution in [0.3, 0.4) is 0 Å². The summed E-state index contributed by atoms with van der Waals surface area (Å²) in [4.78, 5) is 26.3. The Morgan fingerprint density at radius 1 is 1.26 bits per heavy atom. The minimum atomic E-state index is -0.0197. The van der Waals surface area contributed by atoms with Gasteiger partial charge >= 0.3 is 0 Å². The van der Waals surface area contributed by atoms with Crippen LogP contribution in [0.25, 0.3) is 11.3 Å². The number of hydrogen-bond acceptors (Lipinski definition) is 5. The Morgan fingerprint density at radius 3 is 2.93 bits per heavy atom. The van der Waals surface area contributed by atoms with Crippen LogP contribution in [0.5, 0.6) is 5.75 Å². The molecule has 0 bridgehead atoms. The Hall–Kier alpha value is -2.99. The van der Waals surface area contributed by atoms with E-state index in [1.165, 1.54) is 0 Å². The van der Waals surface area contributed by atoms with Crippen molar-refractivity contribution < 1.29 is 4.74 Å². The Balaban J connectivity index is 1.48. The van der Waals surface area contributed by atoms with Crippen LogP contribution in [0.4, 0.5) is 0 Å². The summed E-state index contributed by atoms with van der Waals surface area (Å²) in [6, 6.07) is 12.0. The molecule has 138 valence electrons. The SMILES string of the molecule is COc1cccc(-c2ccc(CN3CCc4nc(C)[nH]c(=O)c4C3)cn2)c1. The average Bonchev–Trinajstić information content (AvgIpc) is 2.69. The minimum absolute atomic E-state index is 0.0197. The minimum Gasteiger partial charge on any atom is -0.497 e. The van der Waals surface area contributed by atoms with Gasteiger partial charge in [-0.15, -0.1) is 0 Å². The number of aromatic amines is 1. The number of pyridine rings is 1. The third-order valence-corrected chi connectivity index (χ3v) is 4.86. The van der Waals surface area contributed by atoms with Gasteiger partial charge in [0.05, 0.1) is 24.1 Å². The standard InChI is InChI=1S/C21H22N4O2/c1-14-23-20-8-9-25(13-18(20)21(26)24-14)12-15-6-7-19(22-11-15)16-4-3-5-17(10-16)27-2/h3-7,10-11H,8-9,12-13H2,1-2H3,(H,23,24,26). The van der Waals surface area contributed by atoms with Crippen LogP contribution in [0.15, 0.2) is 47.4 Å². The van der Waals surface area contributed by atoms with Gasteiger partial charge in [-0.2, -0.15) is 0 Å². The fraction of sp³-hybridized carbons (Fsp3) is 0.286. The molecule has 0 saturated carbocycles. The highest BCUT2D eigenvalue weighted by Crippen LogP contribution is 2.23. The molecule has 0 amide bonds. The Kier molecular flexibility index (Phi) is 4.73. The molecule has 0 aliphatic carbocycles. The number of fused-ring (bicyclic) bond motifs is 1. The lowest BCUT2D eigenvalue weighted by Gasteiger charge is -2.27. The smallest absolute Gasteiger partial charge is 0.255 e. The van der Waals surface area contributed by atoms with Gasteiger partial charge in [0.15, 0.2) is 0 Å². The number of methoxy groups -OCH3 is 1. The summed E-state index contributed by atoms with van der Waals surface area (Å²) in [6.07, 6.45) is 2.71. The van der Waals surface area contributed by atoms with Gasteiger partial charge in [-0.3, -0.25) is 14.7 Å². The Bertz CT molecular complexity index is 1010. The van der Waals surface area contributed by atoms with Gasteiger partial charge < -0.3 is 9.72 Å². The van der Waals surface area contributed by atoms with E-state index in [4.69, 9.17) is 4.74 Å². The monoisotopic (exact) mass is 362 g/mol. The lowest BCUT2D eigenvalue weighted by Crippen LogP contribution is -2.35. The number of aryl methyl sites for hydroxylation is 1. The second-order valence-corrected chi connectivity index (χ2v) is 6.82. The molecular weight excluding hydrogens is 340 g/mol. The summed E-state index contributed by atoms with van der Waals surface area (Å²) in [7, 11) is 1.66. The van der Waals surface area contributed by atoms with Crippen molar-refractivity contribution in [2.24, 2.45) is 0 Å². The highest BCUT2D eigenvalue weighted by Gasteiger charge is 2.20. The number of benzene rings is 1. The van der Waals surface area contributed by atoms with Crippen molar-refractivity contribution in [1.82, 2.24) is 19.9 Å². The van der Waals surface area contributed by atoms with Crippen molar-refractivity contribution in [1.29, 1.82) is 0 Å². The van der Waals surface area contributed by atoms with Crippen molar-refractivity contribution >= 4 is 0 Å². The predicted octanol–water partition coefficient (Wildman–Crippen LogP) is 2.71. The van der Waals surface area contributed by atoms with E-state index >= 15 is 0 Å². The molecule has 6 nitrogen and oxygen atoms in total. The maximum atomic E-state index is 12.2. The molecular formula is C21H22N4O2. The normalized spacial score (nSPS) is 14.0. The number of hydrogen-bond donors (Lipinski definition) is 1. The van der Waals surface area contributed by atoms with Gasteiger partial charge in [0, 0.05) is 37.8 Å². The molecule has 6 heteroatoms. The zero-order valence-electron chi connectivity index (χ0n) is 15.5. The third-order valence-electron chi connectivity index (χ3n) is 4.86. The highest BCUT2D eigenvalue weighted by atomic mass is 16.5. The molecule has 1 aromatic carbocycles. The maximum Gasteiger partial charge on any atom is 0.255 e. The van der Waals surface area contributed by atoms with E-state index in [2.05, 4.69) is 25.9 Å². The molecule has 1 aliphatic heterocycles. The Morgan fingerprint density at radius 2 is 2.15 bits per heavy atom. The first-order valence-corrected chi connectivity index (χ1v) is 9.03. The summed E-state index contributed by atoms with van der Waals surface area (Å²) in [5.41, 5.74) is 4.76. The quantitative estimate of drug-likeness (QED) is 0.773. The molecule has 0 atom stereocenters. The fourth-order valence-electron chi connectivity index (χ4n) is 3.47. The van der Waals surface area contributed by atoms with Crippen LogP contribution < -0.4 is 10.3 Å². The van der Waals surface area contributed by atoms with E-state index in [-0.39, 0.29) is 5.56 Å². The van der Waals surface area contributed by atoms with E-state index in [0.29, 0.717) is 12.4 Å². The summed E-state index contributed by atoms with van der Waals surface area (Å²) in [6.45, 7) is 4.10. The maximum absolute atomic E-state index is 12.2. The zero-order valence-corrected chi connectivity index (χ0v) is 15.5. The zero-order chi connectivity index (χ0) is 18.8. The second kappa shape index (κ2) is 7.32. The van der Waals surface area contributed by atoms with Crippen molar-refractivity contribution in [2.75, 3.05) is 13.7 Å². The van der Waals surface area contributed by atoms with Gasteiger partial charge in [-0.1, -0.05) is 18.2 Å². The third kappa shape index (κ3) is 3.75. The van der Waals surface area contributed by atoms with Crippen LogP contribution >= 0.6 is 0 Å².